The topological polar surface area (TPSA) is 179 Å². The molecule has 11 heteroatoms. The van der Waals surface area contributed by atoms with E-state index in [-0.39, 0.29) is 0 Å². The zero-order valence-corrected chi connectivity index (χ0v) is 13.0. The van der Waals surface area contributed by atoms with Gasteiger partial charge in [-0.3, -0.25) is 0 Å². The van der Waals surface area contributed by atoms with Crippen LogP contribution >= 0.6 is 0 Å². The summed E-state index contributed by atoms with van der Waals surface area (Å²) in [5.41, 5.74) is 0. The van der Waals surface area contributed by atoms with E-state index in [0.717, 1.165) is 0 Å². The third-order valence-electron chi connectivity index (χ3n) is 4.20. The van der Waals surface area contributed by atoms with Crippen molar-refractivity contribution < 1.29 is 54.7 Å². The molecule has 2 fully saturated rings. The van der Waals surface area contributed by atoms with Crippen molar-refractivity contribution in [2.45, 2.75) is 61.4 Å². The van der Waals surface area contributed by atoms with Crippen LogP contribution in [0.4, 0.5) is 0 Å². The molecule has 11 nitrogen and oxygen atoms in total. The molecule has 0 aromatic carbocycles. The Balaban J connectivity index is 2.12. The molecule has 0 radical (unpaired) electrons. The number of ether oxygens (including phenoxy) is 4. The van der Waals surface area contributed by atoms with E-state index in [1.165, 1.54) is 7.11 Å². The lowest BCUT2D eigenvalue weighted by Gasteiger charge is -2.45. The van der Waals surface area contributed by atoms with Gasteiger partial charge in [-0.25, -0.2) is 0 Å². The minimum atomic E-state index is -1.68. The zero-order valence-electron chi connectivity index (χ0n) is 13.0. The van der Waals surface area contributed by atoms with Gasteiger partial charge in [0.25, 0.3) is 0 Å². The van der Waals surface area contributed by atoms with E-state index in [2.05, 4.69) is 0 Å². The second-order valence-corrected chi connectivity index (χ2v) is 5.74. The van der Waals surface area contributed by atoms with Crippen LogP contribution in [-0.2, 0) is 18.9 Å². The second-order valence-electron chi connectivity index (χ2n) is 5.74. The molecule has 0 aliphatic carbocycles. The minimum Gasteiger partial charge on any atom is -0.394 e. The molecule has 24 heavy (non-hydrogen) atoms. The van der Waals surface area contributed by atoms with Gasteiger partial charge in [0, 0.05) is 7.11 Å². The Morgan fingerprint density at radius 2 is 1.21 bits per heavy atom. The summed E-state index contributed by atoms with van der Waals surface area (Å²) in [7, 11) is 1.24. The third-order valence-corrected chi connectivity index (χ3v) is 4.20. The van der Waals surface area contributed by atoms with Crippen molar-refractivity contribution in [3.05, 3.63) is 0 Å². The fourth-order valence-corrected chi connectivity index (χ4v) is 2.73. The van der Waals surface area contributed by atoms with E-state index < -0.39 is 74.6 Å². The van der Waals surface area contributed by atoms with Gasteiger partial charge in [-0.05, 0) is 0 Å². The molecular formula is C13H24O11. The summed E-state index contributed by atoms with van der Waals surface area (Å²) in [4.78, 5) is 0. The molecule has 0 saturated carbocycles. The lowest BCUT2D eigenvalue weighted by molar-refractivity contribution is -0.364. The van der Waals surface area contributed by atoms with Crippen LogP contribution < -0.4 is 0 Å². The smallest absolute Gasteiger partial charge is 0.187 e. The average molecular weight is 356 g/mol. The molecule has 2 aliphatic heterocycles. The summed E-state index contributed by atoms with van der Waals surface area (Å²) >= 11 is 0. The van der Waals surface area contributed by atoms with E-state index in [9.17, 15) is 25.5 Å². The lowest BCUT2D eigenvalue weighted by Crippen LogP contribution is -2.64. The maximum atomic E-state index is 10.2. The minimum absolute atomic E-state index is 0.565. The molecule has 2 aliphatic rings. The van der Waals surface area contributed by atoms with Gasteiger partial charge in [0.1, 0.15) is 48.8 Å². The largest absolute Gasteiger partial charge is 0.394 e. The maximum absolute atomic E-state index is 10.2. The molecule has 10 atom stereocenters. The number of rotatable bonds is 5. The van der Waals surface area contributed by atoms with Gasteiger partial charge in [-0.1, -0.05) is 0 Å². The lowest BCUT2D eigenvalue weighted by atomic mass is 9.97. The van der Waals surface area contributed by atoms with E-state index >= 15 is 0 Å². The highest BCUT2D eigenvalue weighted by atomic mass is 16.8. The van der Waals surface area contributed by atoms with Gasteiger partial charge in [-0.2, -0.15) is 0 Å². The highest BCUT2D eigenvalue weighted by molar-refractivity contribution is 4.93. The highest BCUT2D eigenvalue weighted by Gasteiger charge is 2.50. The summed E-state index contributed by atoms with van der Waals surface area (Å²) < 4.78 is 20.8. The summed E-state index contributed by atoms with van der Waals surface area (Å²) in [5.74, 6) is 0. The first-order chi connectivity index (χ1) is 11.3. The number of methoxy groups -OCH3 is 1. The van der Waals surface area contributed by atoms with Crippen LogP contribution in [0.5, 0.6) is 0 Å². The molecule has 0 unspecified atom stereocenters. The first kappa shape index (κ1) is 19.9. The van der Waals surface area contributed by atoms with Crippen LogP contribution in [0.25, 0.3) is 0 Å². The predicted molar refractivity (Wildman–Crippen MR) is 73.4 cm³/mol. The Morgan fingerprint density at radius 3 is 1.71 bits per heavy atom. The summed E-state index contributed by atoms with van der Waals surface area (Å²) in [6, 6.07) is 0. The summed E-state index contributed by atoms with van der Waals surface area (Å²) in [6.45, 7) is -1.21. The predicted octanol–water partition coefficient (Wildman–Crippen LogP) is -4.74. The van der Waals surface area contributed by atoms with Crippen molar-refractivity contribution >= 4 is 0 Å². The van der Waals surface area contributed by atoms with Crippen molar-refractivity contribution in [3.63, 3.8) is 0 Å². The van der Waals surface area contributed by atoms with Gasteiger partial charge >= 0.3 is 0 Å². The van der Waals surface area contributed by atoms with Crippen molar-refractivity contribution in [1.82, 2.24) is 0 Å². The fraction of sp³-hybridized carbons (Fsp3) is 1.00. The zero-order chi connectivity index (χ0) is 18.0. The van der Waals surface area contributed by atoms with Crippen LogP contribution in [-0.4, -0.2) is 117 Å². The van der Waals surface area contributed by atoms with Gasteiger partial charge < -0.3 is 54.7 Å². The Morgan fingerprint density at radius 1 is 0.708 bits per heavy atom. The molecule has 142 valence electrons. The van der Waals surface area contributed by atoms with E-state index in [1.54, 1.807) is 0 Å². The van der Waals surface area contributed by atoms with Crippen molar-refractivity contribution in [3.8, 4) is 0 Å². The van der Waals surface area contributed by atoms with Crippen molar-refractivity contribution in [2.24, 2.45) is 0 Å². The molecule has 7 N–H and O–H groups in total. The van der Waals surface area contributed by atoms with Crippen LogP contribution in [0.2, 0.25) is 0 Å². The fourth-order valence-electron chi connectivity index (χ4n) is 2.73. The molecule has 2 rings (SSSR count). The van der Waals surface area contributed by atoms with Crippen molar-refractivity contribution in [2.75, 3.05) is 20.3 Å². The number of hydrogen-bond donors (Lipinski definition) is 7. The van der Waals surface area contributed by atoms with E-state index in [4.69, 9.17) is 29.2 Å². The molecule has 0 spiro atoms. The van der Waals surface area contributed by atoms with Crippen LogP contribution in [0, 0.1) is 0 Å². The molecule has 0 bridgehead atoms. The average Bonchev–Trinajstić information content (AvgIpc) is 2.59. The van der Waals surface area contributed by atoms with Crippen molar-refractivity contribution in [1.29, 1.82) is 0 Å². The monoisotopic (exact) mass is 356 g/mol. The van der Waals surface area contributed by atoms with Gasteiger partial charge in [-0.15, -0.1) is 0 Å². The van der Waals surface area contributed by atoms with Crippen LogP contribution in [0.15, 0.2) is 0 Å². The maximum Gasteiger partial charge on any atom is 0.187 e. The molecule has 0 amide bonds. The van der Waals surface area contributed by atoms with Gasteiger partial charge in [0.05, 0.1) is 13.2 Å². The third kappa shape index (κ3) is 3.71. The van der Waals surface area contributed by atoms with Gasteiger partial charge in [0.2, 0.25) is 0 Å². The van der Waals surface area contributed by atoms with Crippen LogP contribution in [0.1, 0.15) is 0 Å². The first-order valence-electron chi connectivity index (χ1n) is 7.46. The Labute approximate surface area is 137 Å². The Bertz CT molecular complexity index is 392. The molecule has 0 aromatic heterocycles. The first-order valence-corrected chi connectivity index (χ1v) is 7.46. The molecule has 2 saturated heterocycles. The molecular weight excluding hydrogens is 332 g/mol. The SMILES string of the molecule is CO[C@@H]1O[C@H](CO)[C@@H](O)[C@H](O)[C@H]1O[C@@H]1O[C@H](CO)[C@@H](O)[C@H](O)[C@@H]1O. The standard InChI is InChI=1S/C13H24O11/c1-21-13-11(9(19)7(17)5(3-15)23-13)24-12-10(20)8(18)6(16)4(2-14)22-12/h4-20H,2-3H2,1H3/t4-,5-,6-,7-,8+,9+,10+,11-,12+,13-/m1/s1. The number of aliphatic hydroxyl groups is 7. The van der Waals surface area contributed by atoms with E-state index in [0.29, 0.717) is 0 Å². The normalized spacial score (nSPS) is 50.0. The number of hydrogen-bond acceptors (Lipinski definition) is 11. The van der Waals surface area contributed by atoms with Gasteiger partial charge in [0.15, 0.2) is 12.6 Å². The Hall–Kier alpha value is -0.440. The molecule has 2 heterocycles. The molecule has 0 aromatic rings. The second kappa shape index (κ2) is 8.29. The van der Waals surface area contributed by atoms with E-state index in [1.807, 2.05) is 0 Å². The Kier molecular flexibility index (Phi) is 6.87. The number of aliphatic hydroxyl groups excluding tert-OH is 7. The van der Waals surface area contributed by atoms with Crippen LogP contribution in [0.3, 0.4) is 0 Å². The highest BCUT2D eigenvalue weighted by Crippen LogP contribution is 2.29. The quantitative estimate of drug-likeness (QED) is 0.251. The summed E-state index contributed by atoms with van der Waals surface area (Å²) in [5, 5.41) is 67.8. The summed E-state index contributed by atoms with van der Waals surface area (Å²) in [6.07, 6.45) is -14.3.